The van der Waals surface area contributed by atoms with Crippen molar-refractivity contribution in [2.45, 2.75) is 19.8 Å². The largest absolute Gasteiger partial charge is 0.317 e. The molecule has 1 heterocycles. The molecule has 1 unspecified atom stereocenters. The van der Waals surface area contributed by atoms with Gasteiger partial charge in [0.15, 0.2) is 0 Å². The van der Waals surface area contributed by atoms with Crippen molar-refractivity contribution in [1.82, 2.24) is 13.9 Å². The lowest BCUT2D eigenvalue weighted by atomic mass is 10.00. The van der Waals surface area contributed by atoms with Gasteiger partial charge in [0.2, 0.25) is 0 Å². The van der Waals surface area contributed by atoms with Crippen molar-refractivity contribution in [1.29, 1.82) is 0 Å². The SMILES string of the molecule is CCNCC1CCCN(S(=O)(=O)N(C)C)C1. The molecular formula is C10H23N3O2S. The topological polar surface area (TPSA) is 52.7 Å². The lowest BCUT2D eigenvalue weighted by Crippen LogP contribution is -2.47. The van der Waals surface area contributed by atoms with Crippen LogP contribution in [-0.2, 0) is 10.2 Å². The molecule has 0 amide bonds. The maximum absolute atomic E-state index is 11.9. The van der Waals surface area contributed by atoms with E-state index in [1.807, 2.05) is 0 Å². The van der Waals surface area contributed by atoms with E-state index < -0.39 is 10.2 Å². The third kappa shape index (κ3) is 3.41. The van der Waals surface area contributed by atoms with Gasteiger partial charge in [-0.15, -0.1) is 0 Å². The minimum absolute atomic E-state index is 0.448. The fraction of sp³-hybridized carbons (Fsp3) is 1.00. The Balaban J connectivity index is 2.57. The van der Waals surface area contributed by atoms with Crippen LogP contribution in [0.4, 0.5) is 0 Å². The highest BCUT2D eigenvalue weighted by atomic mass is 32.2. The quantitative estimate of drug-likeness (QED) is 0.752. The summed E-state index contributed by atoms with van der Waals surface area (Å²) in [5.41, 5.74) is 0. The van der Waals surface area contributed by atoms with Crippen molar-refractivity contribution >= 4 is 10.2 Å². The van der Waals surface area contributed by atoms with Gasteiger partial charge in [-0.3, -0.25) is 0 Å². The van der Waals surface area contributed by atoms with E-state index in [9.17, 15) is 8.42 Å². The molecule has 0 aliphatic carbocycles. The average molecular weight is 249 g/mol. The number of rotatable bonds is 5. The summed E-state index contributed by atoms with van der Waals surface area (Å²) in [4.78, 5) is 0. The fourth-order valence-electron chi connectivity index (χ4n) is 1.98. The Hall–Kier alpha value is -0.170. The maximum Gasteiger partial charge on any atom is 0.281 e. The molecule has 1 aliphatic heterocycles. The standard InChI is InChI=1S/C10H23N3O2S/c1-4-11-8-10-6-5-7-13(9-10)16(14,15)12(2)3/h10-11H,4-9H2,1-3H3. The van der Waals surface area contributed by atoms with Crippen molar-refractivity contribution in [3.8, 4) is 0 Å². The summed E-state index contributed by atoms with van der Waals surface area (Å²) in [5, 5.41) is 3.28. The van der Waals surface area contributed by atoms with E-state index in [1.165, 1.54) is 4.31 Å². The average Bonchev–Trinajstić information content (AvgIpc) is 2.26. The molecule has 0 spiro atoms. The minimum atomic E-state index is -3.22. The van der Waals surface area contributed by atoms with Crippen LogP contribution in [0.1, 0.15) is 19.8 Å². The first kappa shape index (κ1) is 13.9. The van der Waals surface area contributed by atoms with E-state index in [-0.39, 0.29) is 0 Å². The molecule has 0 radical (unpaired) electrons. The normalized spacial score (nSPS) is 23.9. The van der Waals surface area contributed by atoms with Gasteiger partial charge in [-0.2, -0.15) is 17.0 Å². The zero-order valence-corrected chi connectivity index (χ0v) is 11.3. The highest BCUT2D eigenvalue weighted by Gasteiger charge is 2.29. The lowest BCUT2D eigenvalue weighted by molar-refractivity contribution is 0.250. The molecule has 6 heteroatoms. The summed E-state index contributed by atoms with van der Waals surface area (Å²) in [7, 11) is -0.0459. The van der Waals surface area contributed by atoms with Gasteiger partial charge < -0.3 is 5.32 Å². The van der Waals surface area contributed by atoms with Crippen LogP contribution in [-0.4, -0.2) is 57.3 Å². The summed E-state index contributed by atoms with van der Waals surface area (Å²) in [5.74, 6) is 0.448. The minimum Gasteiger partial charge on any atom is -0.317 e. The van der Waals surface area contributed by atoms with E-state index >= 15 is 0 Å². The molecular weight excluding hydrogens is 226 g/mol. The van der Waals surface area contributed by atoms with Crippen molar-refractivity contribution in [2.75, 3.05) is 40.3 Å². The van der Waals surface area contributed by atoms with Crippen molar-refractivity contribution in [3.05, 3.63) is 0 Å². The number of nitrogens with zero attached hydrogens (tertiary/aromatic N) is 2. The molecule has 1 saturated heterocycles. The first-order chi connectivity index (χ1) is 7.48. The smallest absolute Gasteiger partial charge is 0.281 e. The van der Waals surface area contributed by atoms with E-state index in [1.54, 1.807) is 18.4 Å². The number of hydrogen-bond acceptors (Lipinski definition) is 3. The monoisotopic (exact) mass is 249 g/mol. The van der Waals surface area contributed by atoms with E-state index in [2.05, 4.69) is 12.2 Å². The fourth-order valence-corrected chi connectivity index (χ4v) is 3.20. The zero-order valence-electron chi connectivity index (χ0n) is 10.4. The van der Waals surface area contributed by atoms with Gasteiger partial charge in [0.05, 0.1) is 0 Å². The summed E-state index contributed by atoms with van der Waals surface area (Å²) >= 11 is 0. The van der Waals surface area contributed by atoms with Crippen LogP contribution in [0.15, 0.2) is 0 Å². The predicted molar refractivity (Wildman–Crippen MR) is 65.4 cm³/mol. The van der Waals surface area contributed by atoms with Crippen molar-refractivity contribution in [3.63, 3.8) is 0 Å². The number of nitrogens with one attached hydrogen (secondary N) is 1. The van der Waals surface area contributed by atoms with Gasteiger partial charge in [0.25, 0.3) is 10.2 Å². The molecule has 1 aliphatic rings. The molecule has 0 aromatic carbocycles. The lowest BCUT2D eigenvalue weighted by Gasteiger charge is -2.33. The first-order valence-corrected chi connectivity index (χ1v) is 7.26. The van der Waals surface area contributed by atoms with Gasteiger partial charge in [0.1, 0.15) is 0 Å². The molecule has 16 heavy (non-hydrogen) atoms. The second kappa shape index (κ2) is 5.95. The number of piperidine rings is 1. The van der Waals surface area contributed by atoms with Gasteiger partial charge in [0, 0.05) is 27.2 Å². The molecule has 0 aromatic heterocycles. The summed E-state index contributed by atoms with van der Waals surface area (Å²) in [6.07, 6.45) is 2.08. The zero-order chi connectivity index (χ0) is 12.2. The summed E-state index contributed by atoms with van der Waals surface area (Å²) in [6, 6.07) is 0. The number of hydrogen-bond donors (Lipinski definition) is 1. The summed E-state index contributed by atoms with van der Waals surface area (Å²) < 4.78 is 26.8. The van der Waals surface area contributed by atoms with Crippen LogP contribution in [0, 0.1) is 5.92 Å². The van der Waals surface area contributed by atoms with Gasteiger partial charge in [-0.1, -0.05) is 6.92 Å². The Morgan fingerprint density at radius 1 is 1.44 bits per heavy atom. The second-order valence-corrected chi connectivity index (χ2v) is 6.61. The third-order valence-electron chi connectivity index (χ3n) is 2.95. The van der Waals surface area contributed by atoms with Gasteiger partial charge in [-0.25, -0.2) is 0 Å². The molecule has 0 aromatic rings. The van der Waals surface area contributed by atoms with Crippen LogP contribution < -0.4 is 5.32 Å². The predicted octanol–water partition coefficient (Wildman–Crippen LogP) is 0.114. The molecule has 96 valence electrons. The Morgan fingerprint density at radius 3 is 2.69 bits per heavy atom. The van der Waals surface area contributed by atoms with Crippen molar-refractivity contribution in [2.24, 2.45) is 5.92 Å². The molecule has 1 atom stereocenters. The van der Waals surface area contributed by atoms with Crippen LogP contribution in [0.2, 0.25) is 0 Å². The third-order valence-corrected chi connectivity index (χ3v) is 4.86. The molecule has 0 bridgehead atoms. The Morgan fingerprint density at radius 2 is 2.12 bits per heavy atom. The molecule has 1 rings (SSSR count). The van der Waals surface area contributed by atoms with Crippen LogP contribution >= 0.6 is 0 Å². The Kier molecular flexibility index (Phi) is 5.17. The Labute approximate surface area is 99.0 Å². The van der Waals surface area contributed by atoms with Gasteiger partial charge in [-0.05, 0) is 31.8 Å². The van der Waals surface area contributed by atoms with Crippen LogP contribution in [0.25, 0.3) is 0 Å². The van der Waals surface area contributed by atoms with Gasteiger partial charge >= 0.3 is 0 Å². The van der Waals surface area contributed by atoms with E-state index in [4.69, 9.17) is 0 Å². The van der Waals surface area contributed by atoms with Crippen LogP contribution in [0.5, 0.6) is 0 Å². The molecule has 5 nitrogen and oxygen atoms in total. The first-order valence-electron chi connectivity index (χ1n) is 5.86. The van der Waals surface area contributed by atoms with Crippen LogP contribution in [0.3, 0.4) is 0 Å². The maximum atomic E-state index is 11.9. The van der Waals surface area contributed by atoms with E-state index in [0.717, 1.165) is 25.9 Å². The highest BCUT2D eigenvalue weighted by Crippen LogP contribution is 2.19. The second-order valence-electron chi connectivity index (χ2n) is 4.46. The van der Waals surface area contributed by atoms with E-state index in [0.29, 0.717) is 19.0 Å². The highest BCUT2D eigenvalue weighted by molar-refractivity contribution is 7.86. The van der Waals surface area contributed by atoms with Crippen molar-refractivity contribution < 1.29 is 8.42 Å². The molecule has 1 fully saturated rings. The molecule has 0 saturated carbocycles. The molecule has 1 N–H and O–H groups in total. The Bertz CT molecular complexity index is 303. The summed E-state index contributed by atoms with van der Waals surface area (Å²) in [6.45, 7) is 5.22.